The molecule has 6 nitrogen and oxygen atoms in total. The zero-order valence-electron chi connectivity index (χ0n) is 14.7. The van der Waals surface area contributed by atoms with Gasteiger partial charge in [-0.25, -0.2) is 9.78 Å². The quantitative estimate of drug-likeness (QED) is 0.809. The van der Waals surface area contributed by atoms with Crippen molar-refractivity contribution in [3.05, 3.63) is 53.6 Å². The van der Waals surface area contributed by atoms with E-state index in [0.717, 1.165) is 12.4 Å². The summed E-state index contributed by atoms with van der Waals surface area (Å²) in [7, 11) is 1.63. The van der Waals surface area contributed by atoms with Gasteiger partial charge in [-0.15, -0.1) is 0 Å². The molecule has 24 heavy (non-hydrogen) atoms. The number of ether oxygens (including phenoxy) is 1. The van der Waals surface area contributed by atoms with Gasteiger partial charge in [0.2, 0.25) is 0 Å². The number of hydrogen-bond acceptors (Lipinski definition) is 3. The van der Waals surface area contributed by atoms with Crippen molar-refractivity contribution < 1.29 is 9.53 Å². The number of amides is 2. The molecule has 0 radical (unpaired) electrons. The van der Waals surface area contributed by atoms with Crippen LogP contribution in [0.5, 0.6) is 0 Å². The van der Waals surface area contributed by atoms with Gasteiger partial charge in [0, 0.05) is 39.1 Å². The van der Waals surface area contributed by atoms with Crippen LogP contribution >= 0.6 is 0 Å². The Morgan fingerprint density at radius 3 is 2.75 bits per heavy atom. The predicted octanol–water partition coefficient (Wildman–Crippen LogP) is 2.42. The van der Waals surface area contributed by atoms with Crippen LogP contribution < -0.4 is 5.32 Å². The summed E-state index contributed by atoms with van der Waals surface area (Å²) in [5.74, 6) is 0.859. The molecule has 0 saturated heterocycles. The van der Waals surface area contributed by atoms with Gasteiger partial charge in [-0.05, 0) is 19.4 Å². The monoisotopic (exact) mass is 330 g/mol. The summed E-state index contributed by atoms with van der Waals surface area (Å²) in [5.41, 5.74) is 2.45. The normalized spacial score (nSPS) is 10.6. The number of carbonyl (C=O) groups is 1. The summed E-state index contributed by atoms with van der Waals surface area (Å²) in [6.45, 7) is 6.80. The summed E-state index contributed by atoms with van der Waals surface area (Å²) in [6.07, 6.45) is 3.72. The van der Waals surface area contributed by atoms with E-state index in [1.165, 1.54) is 11.1 Å². The minimum Gasteiger partial charge on any atom is -0.383 e. The molecule has 6 heteroatoms. The molecule has 0 bridgehead atoms. The molecule has 0 fully saturated rings. The van der Waals surface area contributed by atoms with E-state index in [-0.39, 0.29) is 6.03 Å². The van der Waals surface area contributed by atoms with E-state index in [1.54, 1.807) is 18.2 Å². The fourth-order valence-corrected chi connectivity index (χ4v) is 2.41. The highest BCUT2D eigenvalue weighted by Gasteiger charge is 2.15. The van der Waals surface area contributed by atoms with Crippen LogP contribution in [0, 0.1) is 6.92 Å². The zero-order valence-corrected chi connectivity index (χ0v) is 14.7. The lowest BCUT2D eigenvalue weighted by Gasteiger charge is -2.22. The van der Waals surface area contributed by atoms with Crippen LogP contribution in [0.3, 0.4) is 0 Å². The number of nitrogens with zero attached hydrogens (tertiary/aromatic N) is 3. The lowest BCUT2D eigenvalue weighted by molar-refractivity contribution is 0.145. The second-order valence-electron chi connectivity index (χ2n) is 5.71. The van der Waals surface area contributed by atoms with E-state index < -0.39 is 0 Å². The Morgan fingerprint density at radius 2 is 2.08 bits per heavy atom. The highest BCUT2D eigenvalue weighted by molar-refractivity contribution is 5.74. The second kappa shape index (κ2) is 9.08. The Morgan fingerprint density at radius 1 is 1.33 bits per heavy atom. The van der Waals surface area contributed by atoms with Crippen molar-refractivity contribution in [3.63, 3.8) is 0 Å². The maximum Gasteiger partial charge on any atom is 0.317 e. The Kier molecular flexibility index (Phi) is 6.81. The maximum atomic E-state index is 12.2. The first-order chi connectivity index (χ1) is 11.6. The standard InChI is InChI=1S/C18H26N4O2/c1-4-19-18(23)22(11-12-24-3)14-17-20-9-10-21(17)13-16-7-5-15(2)6-8-16/h5-10H,4,11-14H2,1-3H3,(H,19,23). The van der Waals surface area contributed by atoms with E-state index in [2.05, 4.69) is 46.1 Å². The number of aryl methyl sites for hydroxylation is 1. The number of benzene rings is 1. The van der Waals surface area contributed by atoms with E-state index in [1.807, 2.05) is 13.1 Å². The fraction of sp³-hybridized carbons (Fsp3) is 0.444. The molecular formula is C18H26N4O2. The Bertz CT molecular complexity index is 637. The van der Waals surface area contributed by atoms with E-state index in [0.29, 0.717) is 26.2 Å². The summed E-state index contributed by atoms with van der Waals surface area (Å²) < 4.78 is 7.18. The summed E-state index contributed by atoms with van der Waals surface area (Å²) in [6, 6.07) is 8.34. The van der Waals surface area contributed by atoms with Gasteiger partial charge in [-0.2, -0.15) is 0 Å². The molecule has 0 saturated carbocycles. The number of nitrogens with one attached hydrogen (secondary N) is 1. The molecule has 2 rings (SSSR count). The van der Waals surface area contributed by atoms with Crippen LogP contribution in [0.25, 0.3) is 0 Å². The number of methoxy groups -OCH3 is 1. The molecule has 1 N–H and O–H groups in total. The predicted molar refractivity (Wildman–Crippen MR) is 93.9 cm³/mol. The lowest BCUT2D eigenvalue weighted by Crippen LogP contribution is -2.41. The van der Waals surface area contributed by atoms with E-state index in [9.17, 15) is 4.79 Å². The minimum atomic E-state index is -0.0977. The number of urea groups is 1. The number of rotatable bonds is 8. The van der Waals surface area contributed by atoms with Crippen molar-refractivity contribution in [2.75, 3.05) is 26.8 Å². The van der Waals surface area contributed by atoms with Gasteiger partial charge >= 0.3 is 6.03 Å². The molecule has 1 aromatic heterocycles. The van der Waals surface area contributed by atoms with Crippen LogP contribution in [-0.4, -0.2) is 47.3 Å². The van der Waals surface area contributed by atoms with Crippen LogP contribution in [0.2, 0.25) is 0 Å². The summed E-state index contributed by atoms with van der Waals surface area (Å²) >= 11 is 0. The first kappa shape index (κ1) is 18.0. The summed E-state index contributed by atoms with van der Waals surface area (Å²) in [4.78, 5) is 18.3. The first-order valence-electron chi connectivity index (χ1n) is 8.21. The van der Waals surface area contributed by atoms with Crippen molar-refractivity contribution in [3.8, 4) is 0 Å². The highest BCUT2D eigenvalue weighted by Crippen LogP contribution is 2.09. The van der Waals surface area contributed by atoms with E-state index >= 15 is 0 Å². The van der Waals surface area contributed by atoms with Gasteiger partial charge in [0.15, 0.2) is 0 Å². The second-order valence-corrected chi connectivity index (χ2v) is 5.71. The van der Waals surface area contributed by atoms with Crippen LogP contribution in [0.4, 0.5) is 4.79 Å². The van der Waals surface area contributed by atoms with Gasteiger partial charge in [0.05, 0.1) is 13.2 Å². The molecule has 0 aliphatic carbocycles. The molecule has 1 heterocycles. The first-order valence-corrected chi connectivity index (χ1v) is 8.21. The zero-order chi connectivity index (χ0) is 17.4. The van der Waals surface area contributed by atoms with Crippen molar-refractivity contribution in [2.45, 2.75) is 26.9 Å². The molecule has 0 spiro atoms. The van der Waals surface area contributed by atoms with Gasteiger partial charge in [0.25, 0.3) is 0 Å². The Balaban J connectivity index is 2.08. The number of hydrogen-bond donors (Lipinski definition) is 1. The molecule has 2 aromatic rings. The molecule has 2 amide bonds. The smallest absolute Gasteiger partial charge is 0.317 e. The van der Waals surface area contributed by atoms with Gasteiger partial charge < -0.3 is 19.5 Å². The number of aromatic nitrogens is 2. The largest absolute Gasteiger partial charge is 0.383 e. The lowest BCUT2D eigenvalue weighted by atomic mass is 10.1. The number of carbonyl (C=O) groups excluding carboxylic acids is 1. The Labute approximate surface area is 143 Å². The van der Waals surface area contributed by atoms with Crippen molar-refractivity contribution in [2.24, 2.45) is 0 Å². The van der Waals surface area contributed by atoms with Crippen molar-refractivity contribution in [1.82, 2.24) is 19.8 Å². The van der Waals surface area contributed by atoms with Crippen molar-refractivity contribution >= 4 is 6.03 Å². The minimum absolute atomic E-state index is 0.0977. The Hall–Kier alpha value is -2.34. The topological polar surface area (TPSA) is 59.4 Å². The SMILES string of the molecule is CCNC(=O)N(CCOC)Cc1nccn1Cc1ccc(C)cc1. The third kappa shape index (κ3) is 5.09. The molecule has 0 atom stereocenters. The third-order valence-corrected chi connectivity index (χ3v) is 3.79. The van der Waals surface area contributed by atoms with Crippen LogP contribution in [-0.2, 0) is 17.8 Å². The molecule has 0 aliphatic rings. The molecular weight excluding hydrogens is 304 g/mol. The van der Waals surface area contributed by atoms with Crippen LogP contribution in [0.15, 0.2) is 36.7 Å². The molecule has 0 aliphatic heterocycles. The molecule has 0 unspecified atom stereocenters. The fourth-order valence-electron chi connectivity index (χ4n) is 2.41. The highest BCUT2D eigenvalue weighted by atomic mass is 16.5. The maximum absolute atomic E-state index is 12.2. The van der Waals surface area contributed by atoms with Gasteiger partial charge in [-0.3, -0.25) is 0 Å². The van der Waals surface area contributed by atoms with Crippen molar-refractivity contribution in [1.29, 1.82) is 0 Å². The molecule has 130 valence electrons. The average Bonchev–Trinajstić information content (AvgIpc) is 3.00. The van der Waals surface area contributed by atoms with Gasteiger partial charge in [0.1, 0.15) is 5.82 Å². The van der Waals surface area contributed by atoms with E-state index in [4.69, 9.17) is 4.74 Å². The summed E-state index contributed by atoms with van der Waals surface area (Å²) in [5, 5.41) is 2.84. The van der Waals surface area contributed by atoms with Gasteiger partial charge in [-0.1, -0.05) is 29.8 Å². The van der Waals surface area contributed by atoms with Crippen LogP contribution in [0.1, 0.15) is 23.9 Å². The molecule has 1 aromatic carbocycles. The third-order valence-electron chi connectivity index (χ3n) is 3.79. The number of imidazole rings is 1. The average molecular weight is 330 g/mol.